The van der Waals surface area contributed by atoms with Crippen molar-refractivity contribution < 1.29 is 14.6 Å². The van der Waals surface area contributed by atoms with Gasteiger partial charge in [0.2, 0.25) is 0 Å². The third kappa shape index (κ3) is 12.0. The smallest absolute Gasteiger partial charge is 0.0897 e. The Hall–Kier alpha value is 0.0600. The molecule has 1 atom stereocenters. The lowest BCUT2D eigenvalue weighted by molar-refractivity contribution is 0.00678. The van der Waals surface area contributed by atoms with Gasteiger partial charge in [0.1, 0.15) is 0 Å². The second-order valence-corrected chi connectivity index (χ2v) is 4.20. The van der Waals surface area contributed by atoms with Crippen LogP contribution in [-0.2, 0) is 9.47 Å². The number of rotatable bonds is 10. The molecule has 90 valence electrons. The second kappa shape index (κ2) is 10.6. The molecule has 0 rings (SSSR count). The van der Waals surface area contributed by atoms with Crippen LogP contribution in [0.4, 0.5) is 0 Å². The Labute approximate surface area is 99.8 Å². The number of hydrogen-bond acceptors (Lipinski definition) is 4. The third-order valence-corrected chi connectivity index (χ3v) is 1.86. The fraction of sp³-hybridized carbons (Fsp3) is 0.800. The molecular formula is C10H20BrNO3. The predicted molar refractivity (Wildman–Crippen MR) is 64.3 cm³/mol. The number of aliphatic hydroxyl groups excluding tert-OH is 1. The largest absolute Gasteiger partial charge is 0.389 e. The fourth-order valence-electron chi connectivity index (χ4n) is 0.915. The molecule has 1 unspecified atom stereocenters. The standard InChI is InChI=1S/C10H20BrNO3/c1-3-14-4-5-15-8-10(13)7-12-6-9(2)11/h10,12-13H,2-8H2,1H3. The van der Waals surface area contributed by atoms with E-state index < -0.39 is 6.10 Å². The lowest BCUT2D eigenvalue weighted by atomic mass is 10.4. The Bertz CT molecular complexity index is 167. The minimum Gasteiger partial charge on any atom is -0.389 e. The zero-order valence-electron chi connectivity index (χ0n) is 9.17. The molecule has 0 aliphatic heterocycles. The van der Waals surface area contributed by atoms with Crippen LogP contribution in [0, 0.1) is 0 Å². The molecule has 4 nitrogen and oxygen atoms in total. The minimum atomic E-state index is -0.488. The molecule has 0 heterocycles. The summed E-state index contributed by atoms with van der Waals surface area (Å²) in [7, 11) is 0. The van der Waals surface area contributed by atoms with Crippen molar-refractivity contribution in [3.8, 4) is 0 Å². The Morgan fingerprint density at radius 2 is 2.13 bits per heavy atom. The molecule has 0 spiro atoms. The maximum absolute atomic E-state index is 9.45. The first-order chi connectivity index (χ1) is 7.16. The van der Waals surface area contributed by atoms with Gasteiger partial charge in [-0.05, 0) is 6.92 Å². The van der Waals surface area contributed by atoms with Gasteiger partial charge in [-0.3, -0.25) is 0 Å². The van der Waals surface area contributed by atoms with Crippen LogP contribution in [-0.4, -0.2) is 50.7 Å². The average molecular weight is 282 g/mol. The molecule has 0 aromatic carbocycles. The van der Waals surface area contributed by atoms with Gasteiger partial charge in [0, 0.05) is 24.2 Å². The van der Waals surface area contributed by atoms with Crippen LogP contribution in [0.25, 0.3) is 0 Å². The quantitative estimate of drug-likeness (QED) is 0.585. The molecule has 0 radical (unpaired) electrons. The van der Waals surface area contributed by atoms with Crippen molar-refractivity contribution in [3.63, 3.8) is 0 Å². The normalized spacial score (nSPS) is 12.7. The van der Waals surface area contributed by atoms with Gasteiger partial charge in [-0.2, -0.15) is 0 Å². The first-order valence-electron chi connectivity index (χ1n) is 5.04. The van der Waals surface area contributed by atoms with E-state index in [1.54, 1.807) is 0 Å². The summed E-state index contributed by atoms with van der Waals surface area (Å²) in [6, 6.07) is 0. The molecule has 0 aromatic rings. The van der Waals surface area contributed by atoms with Crippen molar-refractivity contribution in [2.24, 2.45) is 0 Å². The molecule has 2 N–H and O–H groups in total. The second-order valence-electron chi connectivity index (χ2n) is 3.07. The molecule has 5 heteroatoms. The molecular weight excluding hydrogens is 262 g/mol. The van der Waals surface area contributed by atoms with E-state index in [0.29, 0.717) is 39.5 Å². The molecule has 15 heavy (non-hydrogen) atoms. The summed E-state index contributed by atoms with van der Waals surface area (Å²) in [6.07, 6.45) is -0.488. The maximum atomic E-state index is 9.45. The van der Waals surface area contributed by atoms with E-state index in [1.165, 1.54) is 0 Å². The molecule has 0 bridgehead atoms. The van der Waals surface area contributed by atoms with E-state index in [-0.39, 0.29) is 0 Å². The van der Waals surface area contributed by atoms with E-state index in [2.05, 4.69) is 27.8 Å². The summed E-state index contributed by atoms with van der Waals surface area (Å²) in [5.41, 5.74) is 0. The summed E-state index contributed by atoms with van der Waals surface area (Å²) in [4.78, 5) is 0. The van der Waals surface area contributed by atoms with Crippen molar-refractivity contribution in [1.29, 1.82) is 0 Å². The summed E-state index contributed by atoms with van der Waals surface area (Å²) in [5.74, 6) is 0. The van der Waals surface area contributed by atoms with Gasteiger partial charge in [0.25, 0.3) is 0 Å². The topological polar surface area (TPSA) is 50.7 Å². The number of hydrogen-bond donors (Lipinski definition) is 2. The van der Waals surface area contributed by atoms with E-state index >= 15 is 0 Å². The van der Waals surface area contributed by atoms with Gasteiger partial charge in [-0.1, -0.05) is 22.5 Å². The average Bonchev–Trinajstić information content (AvgIpc) is 2.17. The zero-order valence-corrected chi connectivity index (χ0v) is 10.8. The summed E-state index contributed by atoms with van der Waals surface area (Å²) in [6.45, 7) is 8.88. The lowest BCUT2D eigenvalue weighted by Crippen LogP contribution is -2.31. The summed E-state index contributed by atoms with van der Waals surface area (Å²) < 4.78 is 11.2. The van der Waals surface area contributed by atoms with Crippen LogP contribution in [0.5, 0.6) is 0 Å². The van der Waals surface area contributed by atoms with Gasteiger partial charge in [0.15, 0.2) is 0 Å². The van der Waals surface area contributed by atoms with Crippen LogP contribution >= 0.6 is 15.9 Å². The van der Waals surface area contributed by atoms with E-state index in [4.69, 9.17) is 9.47 Å². The Balaban J connectivity index is 3.18. The molecule has 0 amide bonds. The van der Waals surface area contributed by atoms with Gasteiger partial charge in [-0.15, -0.1) is 0 Å². The van der Waals surface area contributed by atoms with Crippen molar-refractivity contribution in [2.45, 2.75) is 13.0 Å². The lowest BCUT2D eigenvalue weighted by Gasteiger charge is -2.12. The molecule has 0 aliphatic carbocycles. The highest BCUT2D eigenvalue weighted by Gasteiger charge is 2.03. The van der Waals surface area contributed by atoms with Crippen LogP contribution in [0.3, 0.4) is 0 Å². The van der Waals surface area contributed by atoms with Crippen LogP contribution in [0.1, 0.15) is 6.92 Å². The number of halogens is 1. The first-order valence-corrected chi connectivity index (χ1v) is 5.83. The van der Waals surface area contributed by atoms with Crippen molar-refractivity contribution in [3.05, 3.63) is 11.1 Å². The first kappa shape index (κ1) is 15.1. The highest BCUT2D eigenvalue weighted by Crippen LogP contribution is 1.96. The molecule has 0 saturated carbocycles. The van der Waals surface area contributed by atoms with E-state index in [1.807, 2.05) is 6.92 Å². The molecule has 0 fully saturated rings. The molecule has 0 aromatic heterocycles. The number of ether oxygens (including phenoxy) is 2. The van der Waals surface area contributed by atoms with E-state index in [0.717, 1.165) is 4.48 Å². The molecule has 0 saturated heterocycles. The summed E-state index contributed by atoms with van der Waals surface area (Å²) in [5, 5.41) is 12.5. The fourth-order valence-corrected chi connectivity index (χ4v) is 1.11. The van der Waals surface area contributed by atoms with Crippen molar-refractivity contribution >= 4 is 15.9 Å². The Kier molecular flexibility index (Phi) is 10.6. The Morgan fingerprint density at radius 3 is 2.73 bits per heavy atom. The Morgan fingerprint density at radius 1 is 1.47 bits per heavy atom. The highest BCUT2D eigenvalue weighted by molar-refractivity contribution is 9.11. The SMILES string of the molecule is C=C(Br)CNCC(O)COCCOCC. The molecule has 0 aliphatic rings. The van der Waals surface area contributed by atoms with Crippen LogP contribution in [0.2, 0.25) is 0 Å². The third-order valence-electron chi connectivity index (χ3n) is 1.58. The van der Waals surface area contributed by atoms with Crippen molar-refractivity contribution in [2.75, 3.05) is 39.5 Å². The minimum absolute atomic E-state index is 0.328. The van der Waals surface area contributed by atoms with Gasteiger partial charge in [-0.25, -0.2) is 0 Å². The van der Waals surface area contributed by atoms with E-state index in [9.17, 15) is 5.11 Å². The van der Waals surface area contributed by atoms with Crippen molar-refractivity contribution in [1.82, 2.24) is 5.32 Å². The zero-order chi connectivity index (χ0) is 11.5. The monoisotopic (exact) mass is 281 g/mol. The van der Waals surface area contributed by atoms with Gasteiger partial charge < -0.3 is 19.9 Å². The van der Waals surface area contributed by atoms with Crippen LogP contribution < -0.4 is 5.32 Å². The number of aliphatic hydroxyl groups is 1. The van der Waals surface area contributed by atoms with Gasteiger partial charge in [0.05, 0.1) is 25.9 Å². The number of nitrogens with one attached hydrogen (secondary N) is 1. The maximum Gasteiger partial charge on any atom is 0.0897 e. The highest BCUT2D eigenvalue weighted by atomic mass is 79.9. The predicted octanol–water partition coefficient (Wildman–Crippen LogP) is 0.899. The van der Waals surface area contributed by atoms with Crippen LogP contribution in [0.15, 0.2) is 11.1 Å². The van der Waals surface area contributed by atoms with Gasteiger partial charge >= 0.3 is 0 Å². The summed E-state index contributed by atoms with van der Waals surface area (Å²) >= 11 is 3.22.